The molecule has 0 aliphatic heterocycles. The van der Waals surface area contributed by atoms with Gasteiger partial charge in [0.05, 0.1) is 6.07 Å². The van der Waals surface area contributed by atoms with Gasteiger partial charge < -0.3 is 10.1 Å². The first-order valence-electron chi connectivity index (χ1n) is 6.47. The van der Waals surface area contributed by atoms with Crippen LogP contribution < -0.4 is 10.1 Å². The summed E-state index contributed by atoms with van der Waals surface area (Å²) >= 11 is 1.64. The summed E-state index contributed by atoms with van der Waals surface area (Å²) in [6.07, 6.45) is 1.99. The number of nitriles is 1. The van der Waals surface area contributed by atoms with Crippen molar-refractivity contribution in [3.05, 3.63) is 54.1 Å². The molecule has 3 nitrogen and oxygen atoms in total. The fraction of sp³-hybridized carbons (Fsp3) is 0.188. The highest BCUT2D eigenvalue weighted by atomic mass is 32.2. The Morgan fingerprint density at radius 3 is 2.23 bits per heavy atom. The van der Waals surface area contributed by atoms with Crippen molar-refractivity contribution in [2.75, 3.05) is 11.6 Å². The largest absolute Gasteiger partial charge is 0.435 e. The van der Waals surface area contributed by atoms with Gasteiger partial charge in [-0.1, -0.05) is 12.1 Å². The van der Waals surface area contributed by atoms with E-state index in [1.165, 1.54) is 12.1 Å². The summed E-state index contributed by atoms with van der Waals surface area (Å²) in [5.74, 6) is 0.0692. The van der Waals surface area contributed by atoms with Crippen LogP contribution in [0.25, 0.3) is 0 Å². The molecule has 6 heteroatoms. The molecule has 22 heavy (non-hydrogen) atoms. The second-order valence-electron chi connectivity index (χ2n) is 4.38. The van der Waals surface area contributed by atoms with Crippen LogP contribution in [-0.4, -0.2) is 12.9 Å². The molecule has 1 N–H and O–H groups in total. The van der Waals surface area contributed by atoms with Crippen LogP contribution in [-0.2, 0) is 0 Å². The lowest BCUT2D eigenvalue weighted by molar-refractivity contribution is -0.0498. The molecule has 0 aliphatic rings. The number of rotatable bonds is 6. The number of ether oxygens (including phenoxy) is 1. The van der Waals surface area contributed by atoms with Crippen molar-refractivity contribution in [3.63, 3.8) is 0 Å². The van der Waals surface area contributed by atoms with Crippen molar-refractivity contribution in [2.24, 2.45) is 0 Å². The summed E-state index contributed by atoms with van der Waals surface area (Å²) in [6.45, 7) is -2.86. The molecule has 0 saturated carbocycles. The minimum absolute atomic E-state index is 0.0692. The summed E-state index contributed by atoms with van der Waals surface area (Å²) in [6, 6.07) is 15.3. The highest BCUT2D eigenvalue weighted by molar-refractivity contribution is 7.98. The number of hydrogen-bond donors (Lipinski definition) is 1. The fourth-order valence-electron chi connectivity index (χ4n) is 1.89. The van der Waals surface area contributed by atoms with E-state index in [2.05, 4.69) is 16.1 Å². The second kappa shape index (κ2) is 7.66. The molecule has 1 atom stereocenters. The standard InChI is InChI=1S/C16H14F2N2OS/c1-22-14-8-4-12(5-9-14)20-15(10-19)11-2-6-13(7-3-11)21-16(17)18/h2-9,15-16,20H,1H3. The number of nitrogens with one attached hydrogen (secondary N) is 1. The van der Waals surface area contributed by atoms with Crippen LogP contribution in [0.5, 0.6) is 5.75 Å². The number of thioether (sulfide) groups is 1. The van der Waals surface area contributed by atoms with E-state index in [4.69, 9.17) is 0 Å². The number of nitrogens with zero attached hydrogens (tertiary/aromatic N) is 1. The van der Waals surface area contributed by atoms with Crippen LogP contribution in [0.4, 0.5) is 14.5 Å². The molecule has 0 fully saturated rings. The zero-order chi connectivity index (χ0) is 15.9. The van der Waals surface area contributed by atoms with Gasteiger partial charge in [0.1, 0.15) is 11.8 Å². The van der Waals surface area contributed by atoms with Gasteiger partial charge in [-0.15, -0.1) is 11.8 Å². The van der Waals surface area contributed by atoms with Crippen molar-refractivity contribution < 1.29 is 13.5 Å². The molecule has 0 aromatic heterocycles. The molecular weight excluding hydrogens is 306 g/mol. The first kappa shape index (κ1) is 16.1. The van der Waals surface area contributed by atoms with Crippen LogP contribution in [0.1, 0.15) is 11.6 Å². The Labute approximate surface area is 131 Å². The van der Waals surface area contributed by atoms with E-state index in [-0.39, 0.29) is 5.75 Å². The first-order chi connectivity index (χ1) is 10.6. The van der Waals surface area contributed by atoms with Gasteiger partial charge in [-0.3, -0.25) is 0 Å². The van der Waals surface area contributed by atoms with E-state index in [9.17, 15) is 14.0 Å². The van der Waals surface area contributed by atoms with Crippen molar-refractivity contribution in [2.45, 2.75) is 17.5 Å². The van der Waals surface area contributed by atoms with Crippen LogP contribution in [0.3, 0.4) is 0 Å². The zero-order valence-electron chi connectivity index (χ0n) is 11.8. The predicted octanol–water partition coefficient (Wildman–Crippen LogP) is 4.69. The average molecular weight is 320 g/mol. The van der Waals surface area contributed by atoms with Gasteiger partial charge in [0.15, 0.2) is 0 Å². The van der Waals surface area contributed by atoms with Crippen molar-refractivity contribution in [1.29, 1.82) is 5.26 Å². The normalized spacial score (nSPS) is 11.8. The highest BCUT2D eigenvalue weighted by Crippen LogP contribution is 2.24. The third-order valence-corrected chi connectivity index (χ3v) is 3.71. The Kier molecular flexibility index (Phi) is 5.61. The van der Waals surface area contributed by atoms with E-state index in [1.807, 2.05) is 30.5 Å². The summed E-state index contributed by atoms with van der Waals surface area (Å²) < 4.78 is 28.5. The molecule has 1 unspecified atom stereocenters. The van der Waals surface area contributed by atoms with E-state index in [0.29, 0.717) is 5.56 Å². The summed E-state index contributed by atoms with van der Waals surface area (Å²) in [5, 5.41) is 12.4. The number of benzene rings is 2. The van der Waals surface area contributed by atoms with Crippen molar-refractivity contribution in [1.82, 2.24) is 0 Å². The Hall–Kier alpha value is -2.26. The maximum atomic E-state index is 12.1. The molecule has 2 aromatic carbocycles. The SMILES string of the molecule is CSc1ccc(NC(C#N)c2ccc(OC(F)F)cc2)cc1. The maximum Gasteiger partial charge on any atom is 0.387 e. The zero-order valence-corrected chi connectivity index (χ0v) is 12.6. The van der Waals surface area contributed by atoms with E-state index in [1.54, 1.807) is 23.9 Å². The lowest BCUT2D eigenvalue weighted by Crippen LogP contribution is -2.08. The third-order valence-electron chi connectivity index (χ3n) is 2.97. The molecule has 0 spiro atoms. The molecule has 0 aliphatic carbocycles. The Balaban J connectivity index is 2.09. The lowest BCUT2D eigenvalue weighted by Gasteiger charge is -2.14. The second-order valence-corrected chi connectivity index (χ2v) is 5.26. The summed E-state index contributed by atoms with van der Waals surface area (Å²) in [5.41, 5.74) is 1.50. The van der Waals surface area contributed by atoms with Crippen molar-refractivity contribution >= 4 is 17.4 Å². The number of hydrogen-bond acceptors (Lipinski definition) is 4. The fourth-order valence-corrected chi connectivity index (χ4v) is 2.29. The van der Waals surface area contributed by atoms with Gasteiger partial charge in [0, 0.05) is 10.6 Å². The quantitative estimate of drug-likeness (QED) is 0.785. The van der Waals surface area contributed by atoms with Gasteiger partial charge in [-0.2, -0.15) is 14.0 Å². The Morgan fingerprint density at radius 1 is 1.09 bits per heavy atom. The molecule has 2 aromatic rings. The molecule has 114 valence electrons. The third kappa shape index (κ3) is 4.37. The molecule has 0 radical (unpaired) electrons. The molecule has 0 heterocycles. The van der Waals surface area contributed by atoms with Crippen molar-refractivity contribution in [3.8, 4) is 11.8 Å². The van der Waals surface area contributed by atoms with Crippen LogP contribution in [0, 0.1) is 11.3 Å². The summed E-state index contributed by atoms with van der Waals surface area (Å²) in [7, 11) is 0. The predicted molar refractivity (Wildman–Crippen MR) is 83.3 cm³/mol. The van der Waals surface area contributed by atoms with Gasteiger partial charge in [0.25, 0.3) is 0 Å². The Morgan fingerprint density at radius 2 is 1.73 bits per heavy atom. The molecule has 0 bridgehead atoms. The highest BCUT2D eigenvalue weighted by Gasteiger charge is 2.11. The molecule has 0 saturated heterocycles. The minimum Gasteiger partial charge on any atom is -0.435 e. The number of anilines is 1. The average Bonchev–Trinajstić information content (AvgIpc) is 2.53. The smallest absolute Gasteiger partial charge is 0.387 e. The van der Waals surface area contributed by atoms with E-state index >= 15 is 0 Å². The van der Waals surface area contributed by atoms with Gasteiger partial charge in [-0.25, -0.2) is 0 Å². The lowest BCUT2D eigenvalue weighted by atomic mass is 10.1. The topological polar surface area (TPSA) is 45.0 Å². The van der Waals surface area contributed by atoms with Gasteiger partial charge in [-0.05, 0) is 48.2 Å². The van der Waals surface area contributed by atoms with Gasteiger partial charge >= 0.3 is 6.61 Å². The van der Waals surface area contributed by atoms with Crippen LogP contribution in [0.2, 0.25) is 0 Å². The van der Waals surface area contributed by atoms with E-state index < -0.39 is 12.7 Å². The summed E-state index contributed by atoms with van der Waals surface area (Å²) in [4.78, 5) is 1.13. The van der Waals surface area contributed by atoms with Crippen LogP contribution in [0.15, 0.2) is 53.4 Å². The first-order valence-corrected chi connectivity index (χ1v) is 7.70. The number of halogens is 2. The Bertz CT molecular complexity index is 639. The van der Waals surface area contributed by atoms with E-state index in [0.717, 1.165) is 10.6 Å². The van der Waals surface area contributed by atoms with Crippen LogP contribution >= 0.6 is 11.8 Å². The van der Waals surface area contributed by atoms with Gasteiger partial charge in [0.2, 0.25) is 0 Å². The monoisotopic (exact) mass is 320 g/mol. The molecule has 0 amide bonds. The molecular formula is C16H14F2N2OS. The number of alkyl halides is 2. The minimum atomic E-state index is -2.86. The molecule has 2 rings (SSSR count). The maximum absolute atomic E-state index is 12.1.